The summed E-state index contributed by atoms with van der Waals surface area (Å²) in [5.74, 6) is 1.18. The summed E-state index contributed by atoms with van der Waals surface area (Å²) in [6.07, 6.45) is 6.10. The first-order valence-electron chi connectivity index (χ1n) is 7.03. The summed E-state index contributed by atoms with van der Waals surface area (Å²) in [6.45, 7) is 7.67. The molecule has 1 aromatic heterocycles. The molecular formula is C15H23N3S. The van der Waals surface area contributed by atoms with Gasteiger partial charge in [-0.3, -0.25) is 9.98 Å². The summed E-state index contributed by atoms with van der Waals surface area (Å²) >= 11 is 1.87. The fourth-order valence-corrected chi connectivity index (χ4v) is 3.60. The average Bonchev–Trinajstić information content (AvgIpc) is 2.49. The van der Waals surface area contributed by atoms with Gasteiger partial charge < -0.3 is 5.32 Å². The maximum absolute atomic E-state index is 4.74. The van der Waals surface area contributed by atoms with E-state index in [2.05, 4.69) is 31.1 Å². The molecule has 0 spiro atoms. The summed E-state index contributed by atoms with van der Waals surface area (Å²) in [4.78, 5) is 8.80. The third kappa shape index (κ3) is 3.50. The average molecular weight is 277 g/mol. The van der Waals surface area contributed by atoms with Crippen molar-refractivity contribution in [3.63, 3.8) is 0 Å². The van der Waals surface area contributed by atoms with Crippen molar-refractivity contribution in [3.8, 4) is 0 Å². The number of aliphatic imine (C=N–C) groups is 1. The van der Waals surface area contributed by atoms with Crippen molar-refractivity contribution < 1.29 is 0 Å². The Morgan fingerprint density at radius 2 is 2.00 bits per heavy atom. The highest BCUT2D eigenvalue weighted by Crippen LogP contribution is 2.35. The zero-order valence-electron chi connectivity index (χ0n) is 12.0. The molecule has 4 heteroatoms. The molecule has 0 aliphatic carbocycles. The van der Waals surface area contributed by atoms with Crippen LogP contribution >= 0.6 is 11.8 Å². The second-order valence-electron chi connectivity index (χ2n) is 5.26. The topological polar surface area (TPSA) is 37.3 Å². The minimum Gasteiger partial charge on any atom is -0.358 e. The molecule has 19 heavy (non-hydrogen) atoms. The lowest BCUT2D eigenvalue weighted by atomic mass is 9.84. The number of amidine groups is 1. The lowest BCUT2D eigenvalue weighted by molar-refractivity contribution is 0.318. The lowest BCUT2D eigenvalue weighted by Gasteiger charge is -2.34. The van der Waals surface area contributed by atoms with E-state index in [1.54, 1.807) is 0 Å². The van der Waals surface area contributed by atoms with Crippen LogP contribution in [0.5, 0.6) is 0 Å². The largest absolute Gasteiger partial charge is 0.358 e. The Balaban J connectivity index is 1.96. The molecule has 0 amide bonds. The number of thioether (sulfide) groups is 1. The van der Waals surface area contributed by atoms with Gasteiger partial charge in [0.15, 0.2) is 5.17 Å². The molecule has 2 rings (SSSR count). The van der Waals surface area contributed by atoms with Gasteiger partial charge in [-0.25, -0.2) is 0 Å². The lowest BCUT2D eigenvalue weighted by Crippen LogP contribution is -2.35. The van der Waals surface area contributed by atoms with Crippen molar-refractivity contribution in [2.75, 3.05) is 12.3 Å². The predicted octanol–water partition coefficient (Wildman–Crippen LogP) is 3.64. The quantitative estimate of drug-likeness (QED) is 0.913. The van der Waals surface area contributed by atoms with Crippen molar-refractivity contribution in [1.29, 1.82) is 0 Å². The zero-order chi connectivity index (χ0) is 13.7. The van der Waals surface area contributed by atoms with E-state index in [-0.39, 0.29) is 6.04 Å². The minimum absolute atomic E-state index is 0.282. The van der Waals surface area contributed by atoms with E-state index in [1.807, 2.05) is 36.3 Å². The van der Waals surface area contributed by atoms with Gasteiger partial charge in [0.2, 0.25) is 0 Å². The zero-order valence-corrected chi connectivity index (χ0v) is 12.8. The van der Waals surface area contributed by atoms with E-state index in [1.165, 1.54) is 24.2 Å². The number of hydrogen-bond donors (Lipinski definition) is 1. The molecule has 1 atom stereocenters. The van der Waals surface area contributed by atoms with Gasteiger partial charge in [0, 0.05) is 24.7 Å². The third-order valence-corrected chi connectivity index (χ3v) is 5.40. The van der Waals surface area contributed by atoms with Gasteiger partial charge in [0.05, 0.1) is 6.04 Å². The predicted molar refractivity (Wildman–Crippen MR) is 83.6 cm³/mol. The first-order valence-corrected chi connectivity index (χ1v) is 8.01. The molecule has 1 aliphatic heterocycles. The molecule has 0 saturated carbocycles. The van der Waals surface area contributed by atoms with E-state index in [9.17, 15) is 0 Å². The van der Waals surface area contributed by atoms with Crippen molar-refractivity contribution in [1.82, 2.24) is 10.3 Å². The van der Waals surface area contributed by atoms with Crippen molar-refractivity contribution in [2.24, 2.45) is 10.4 Å². The normalized spacial score (nSPS) is 19.6. The third-order valence-electron chi connectivity index (χ3n) is 4.12. The minimum atomic E-state index is 0.282. The Bertz CT molecular complexity index is 426. The van der Waals surface area contributed by atoms with Gasteiger partial charge in [-0.05, 0) is 42.9 Å². The Hall–Kier alpha value is -1.03. The van der Waals surface area contributed by atoms with Crippen molar-refractivity contribution >= 4 is 16.9 Å². The van der Waals surface area contributed by atoms with Crippen LogP contribution < -0.4 is 5.32 Å². The van der Waals surface area contributed by atoms with Gasteiger partial charge >= 0.3 is 0 Å². The molecule has 0 bridgehead atoms. The van der Waals surface area contributed by atoms with Gasteiger partial charge in [-0.1, -0.05) is 25.6 Å². The van der Waals surface area contributed by atoms with Crippen LogP contribution in [-0.2, 0) is 0 Å². The SMILES string of the molecule is CCC1(CC)CN=C(NC(C)c2ccncc2)SC1. The second-order valence-corrected chi connectivity index (χ2v) is 6.23. The van der Waals surface area contributed by atoms with E-state index >= 15 is 0 Å². The van der Waals surface area contributed by atoms with Crippen LogP contribution in [0.25, 0.3) is 0 Å². The number of nitrogens with one attached hydrogen (secondary N) is 1. The summed E-state index contributed by atoms with van der Waals surface area (Å²) in [5, 5.41) is 4.59. The van der Waals surface area contributed by atoms with E-state index < -0.39 is 0 Å². The maximum Gasteiger partial charge on any atom is 0.157 e. The Kier molecular flexibility index (Phi) is 4.86. The highest BCUT2D eigenvalue weighted by molar-refractivity contribution is 8.13. The molecule has 1 unspecified atom stereocenters. The molecule has 1 aromatic rings. The van der Waals surface area contributed by atoms with Crippen LogP contribution in [-0.4, -0.2) is 22.4 Å². The molecule has 2 heterocycles. The fourth-order valence-electron chi connectivity index (χ4n) is 2.24. The molecule has 104 valence electrons. The highest BCUT2D eigenvalue weighted by Gasteiger charge is 2.30. The maximum atomic E-state index is 4.74. The number of rotatable bonds is 4. The van der Waals surface area contributed by atoms with E-state index in [0.717, 1.165) is 11.7 Å². The van der Waals surface area contributed by atoms with Gasteiger partial charge in [-0.2, -0.15) is 0 Å². The summed E-state index contributed by atoms with van der Waals surface area (Å²) in [6, 6.07) is 4.38. The molecule has 0 aromatic carbocycles. The van der Waals surface area contributed by atoms with Crippen LogP contribution in [0, 0.1) is 5.41 Å². The highest BCUT2D eigenvalue weighted by atomic mass is 32.2. The van der Waals surface area contributed by atoms with Crippen LogP contribution in [0.4, 0.5) is 0 Å². The monoisotopic (exact) mass is 277 g/mol. The Morgan fingerprint density at radius 3 is 2.53 bits per heavy atom. The van der Waals surface area contributed by atoms with Crippen molar-refractivity contribution in [2.45, 2.75) is 39.7 Å². The van der Waals surface area contributed by atoms with Crippen LogP contribution in [0.2, 0.25) is 0 Å². The second kappa shape index (κ2) is 6.42. The molecule has 3 nitrogen and oxygen atoms in total. The van der Waals surface area contributed by atoms with Gasteiger partial charge in [0.25, 0.3) is 0 Å². The van der Waals surface area contributed by atoms with E-state index in [4.69, 9.17) is 4.99 Å². The first-order chi connectivity index (χ1) is 9.19. The summed E-state index contributed by atoms with van der Waals surface area (Å²) in [7, 11) is 0. The summed E-state index contributed by atoms with van der Waals surface area (Å²) < 4.78 is 0. The van der Waals surface area contributed by atoms with Gasteiger partial charge in [0.1, 0.15) is 0 Å². The molecule has 1 N–H and O–H groups in total. The van der Waals surface area contributed by atoms with E-state index in [0.29, 0.717) is 5.41 Å². The van der Waals surface area contributed by atoms with Crippen LogP contribution in [0.3, 0.4) is 0 Å². The first kappa shape index (κ1) is 14.4. The molecule has 0 fully saturated rings. The standard InChI is InChI=1S/C15H23N3S/c1-4-15(5-2)10-17-14(19-11-15)18-12(3)13-6-8-16-9-7-13/h6-9,12H,4-5,10-11H2,1-3H3,(H,17,18). The Morgan fingerprint density at radius 1 is 1.32 bits per heavy atom. The molecule has 1 aliphatic rings. The molecule has 0 radical (unpaired) electrons. The summed E-state index contributed by atoms with van der Waals surface area (Å²) in [5.41, 5.74) is 1.66. The smallest absolute Gasteiger partial charge is 0.157 e. The number of hydrogen-bond acceptors (Lipinski definition) is 4. The number of aromatic nitrogens is 1. The Labute approximate surface area is 120 Å². The van der Waals surface area contributed by atoms with Gasteiger partial charge in [-0.15, -0.1) is 0 Å². The number of nitrogens with zero attached hydrogens (tertiary/aromatic N) is 2. The van der Waals surface area contributed by atoms with Crippen LogP contribution in [0.15, 0.2) is 29.5 Å². The molecular weight excluding hydrogens is 254 g/mol. The molecule has 0 saturated heterocycles. The number of pyridine rings is 1. The fraction of sp³-hybridized carbons (Fsp3) is 0.600. The van der Waals surface area contributed by atoms with Crippen LogP contribution in [0.1, 0.15) is 45.2 Å². The van der Waals surface area contributed by atoms with Crippen molar-refractivity contribution in [3.05, 3.63) is 30.1 Å².